The molecular formula is C42H45N4O6+. The molecule has 1 aliphatic heterocycles. The van der Waals surface area contributed by atoms with Crippen LogP contribution < -0.4 is 5.73 Å². The number of benzene rings is 4. The van der Waals surface area contributed by atoms with Gasteiger partial charge in [-0.15, -0.1) is 0 Å². The topological polar surface area (TPSA) is 153 Å². The van der Waals surface area contributed by atoms with E-state index in [2.05, 4.69) is 6.07 Å². The first-order valence-corrected chi connectivity index (χ1v) is 17.7. The molecule has 10 heteroatoms. The van der Waals surface area contributed by atoms with Gasteiger partial charge in [-0.05, 0) is 29.9 Å². The molecule has 4 aromatic rings. The van der Waals surface area contributed by atoms with E-state index >= 15 is 0 Å². The van der Waals surface area contributed by atoms with Crippen molar-refractivity contribution in [2.45, 2.75) is 76.0 Å². The Balaban J connectivity index is 1.46. The van der Waals surface area contributed by atoms with Crippen LogP contribution in [0.5, 0.6) is 0 Å². The summed E-state index contributed by atoms with van der Waals surface area (Å²) in [5.41, 5.74) is 8.46. The standard InChI is InChI=1S/C42H44N4O6/c1-30(2)42(29-43,34-18-10-5-11-19-34)25-13-12-20-38(47)46(40(32-14-6-3-7-15-32)33-16-8-4-9-17-33)28-36(27-37(46)41(44)49)52-39(48)26-31-21-23-35(24-22-31)45(50)51/h3-11,14-19,21-24,30,36-37,40H,12-13,20,25-28H2,1-2H3,(H-,44,49)/p+1/t36-,37?,42-,46+/m0/s1. The number of carbonyl (C=O) groups excluding carboxylic acids is 3. The SMILES string of the molecule is CC(C)[C@@](C#N)(CCCCC(=O)[N@@+]1(C(c2ccccc2)c2ccccc2)C[C@@H](OC(=O)Cc2ccc([N+](=O)[O-])cc2)CC1C(N)=O)c1ccccc1. The first-order chi connectivity index (χ1) is 25.0. The highest BCUT2D eigenvalue weighted by atomic mass is 16.6. The van der Waals surface area contributed by atoms with Gasteiger partial charge in [-0.2, -0.15) is 5.26 Å². The molecule has 0 aliphatic carbocycles. The Labute approximate surface area is 304 Å². The van der Waals surface area contributed by atoms with Gasteiger partial charge in [0.1, 0.15) is 12.6 Å². The second-order valence-electron chi connectivity index (χ2n) is 13.9. The number of nitro benzene ring substituents is 1. The van der Waals surface area contributed by atoms with Crippen LogP contribution in [0, 0.1) is 27.4 Å². The molecule has 52 heavy (non-hydrogen) atoms. The molecule has 0 radical (unpaired) electrons. The van der Waals surface area contributed by atoms with Crippen LogP contribution in [0.25, 0.3) is 0 Å². The predicted molar refractivity (Wildman–Crippen MR) is 196 cm³/mol. The van der Waals surface area contributed by atoms with Gasteiger partial charge >= 0.3 is 11.9 Å². The number of nitrogens with two attached hydrogens (primary N) is 1. The van der Waals surface area contributed by atoms with E-state index in [9.17, 15) is 29.8 Å². The zero-order valence-corrected chi connectivity index (χ0v) is 29.6. The summed E-state index contributed by atoms with van der Waals surface area (Å²) in [6, 6.07) is 35.4. The van der Waals surface area contributed by atoms with Crippen molar-refractivity contribution >= 4 is 23.5 Å². The number of amides is 2. The molecule has 0 spiro atoms. The van der Waals surface area contributed by atoms with Crippen LogP contribution in [-0.4, -0.2) is 45.9 Å². The number of unbranched alkanes of at least 4 members (excludes halogenated alkanes) is 1. The Bertz CT molecular complexity index is 1860. The normalized spacial score (nSPS) is 19.4. The number of nitriles is 1. The van der Waals surface area contributed by atoms with E-state index in [1.54, 1.807) is 0 Å². The van der Waals surface area contributed by atoms with Gasteiger partial charge in [0.25, 0.3) is 11.6 Å². The fourth-order valence-electron chi connectivity index (χ4n) is 7.87. The van der Waals surface area contributed by atoms with Crippen molar-refractivity contribution in [1.82, 2.24) is 0 Å². The zero-order chi connectivity index (χ0) is 37.3. The lowest BCUT2D eigenvalue weighted by Crippen LogP contribution is -2.62. The predicted octanol–water partition coefficient (Wildman–Crippen LogP) is 7.12. The molecule has 1 unspecified atom stereocenters. The summed E-state index contributed by atoms with van der Waals surface area (Å²) >= 11 is 0. The number of nitrogens with zero attached hydrogens (tertiary/aromatic N) is 3. The van der Waals surface area contributed by atoms with Crippen LogP contribution >= 0.6 is 0 Å². The summed E-state index contributed by atoms with van der Waals surface area (Å²) in [4.78, 5) is 52.3. The number of rotatable bonds is 15. The third kappa shape index (κ3) is 7.95. The number of non-ortho nitro benzene ring substituents is 1. The van der Waals surface area contributed by atoms with Crippen LogP contribution in [0.15, 0.2) is 115 Å². The van der Waals surface area contributed by atoms with Crippen molar-refractivity contribution in [3.05, 3.63) is 148 Å². The number of nitro groups is 1. The number of hydrogen-bond donors (Lipinski definition) is 1. The van der Waals surface area contributed by atoms with Gasteiger partial charge in [-0.25, -0.2) is 9.28 Å². The summed E-state index contributed by atoms with van der Waals surface area (Å²) in [6.07, 6.45) is 0.882. The molecule has 5 rings (SSSR count). The van der Waals surface area contributed by atoms with E-state index in [1.165, 1.54) is 24.3 Å². The number of hydrogen-bond acceptors (Lipinski definition) is 7. The van der Waals surface area contributed by atoms with E-state index in [-0.39, 0.29) is 47.8 Å². The molecule has 10 nitrogen and oxygen atoms in total. The highest BCUT2D eigenvalue weighted by Crippen LogP contribution is 2.45. The molecule has 2 N–H and O–H groups in total. The smallest absolute Gasteiger partial charge is 0.315 e. The second kappa shape index (κ2) is 16.6. The van der Waals surface area contributed by atoms with E-state index in [4.69, 9.17) is 10.5 Å². The van der Waals surface area contributed by atoms with Crippen molar-refractivity contribution < 1.29 is 28.5 Å². The van der Waals surface area contributed by atoms with E-state index in [1.807, 2.05) is 105 Å². The lowest BCUT2D eigenvalue weighted by molar-refractivity contribution is -0.884. The minimum Gasteiger partial charge on any atom is -0.456 e. The Hall–Kier alpha value is -5.66. The van der Waals surface area contributed by atoms with Gasteiger partial charge in [-0.1, -0.05) is 123 Å². The summed E-state index contributed by atoms with van der Waals surface area (Å²) < 4.78 is 5.63. The minimum atomic E-state index is -0.992. The van der Waals surface area contributed by atoms with Crippen LogP contribution in [-0.2, 0) is 31.0 Å². The van der Waals surface area contributed by atoms with Gasteiger partial charge in [0.15, 0.2) is 12.1 Å². The van der Waals surface area contributed by atoms with Gasteiger partial charge in [0.05, 0.1) is 35.7 Å². The molecule has 0 bridgehead atoms. The maximum atomic E-state index is 15.0. The van der Waals surface area contributed by atoms with Crippen LogP contribution in [0.1, 0.15) is 74.2 Å². The van der Waals surface area contributed by atoms with E-state index < -0.39 is 40.4 Å². The molecule has 1 fully saturated rings. The van der Waals surface area contributed by atoms with Gasteiger partial charge < -0.3 is 10.5 Å². The lowest BCUT2D eigenvalue weighted by Gasteiger charge is -2.43. The molecule has 1 heterocycles. The quantitative estimate of drug-likeness (QED) is 0.0455. The second-order valence-corrected chi connectivity index (χ2v) is 13.9. The summed E-state index contributed by atoms with van der Waals surface area (Å²) in [7, 11) is 0. The molecule has 268 valence electrons. The highest BCUT2D eigenvalue weighted by molar-refractivity contribution is 5.83. The summed E-state index contributed by atoms with van der Waals surface area (Å²) in [5.74, 6) is -1.39. The number of carbonyl (C=O) groups is 3. The van der Waals surface area contributed by atoms with Crippen LogP contribution in [0.3, 0.4) is 0 Å². The Morgan fingerprint density at radius 1 is 0.904 bits per heavy atom. The highest BCUT2D eigenvalue weighted by Gasteiger charge is 2.60. The van der Waals surface area contributed by atoms with Crippen LogP contribution in [0.2, 0.25) is 0 Å². The first-order valence-electron chi connectivity index (χ1n) is 17.7. The van der Waals surface area contributed by atoms with Crippen LogP contribution in [0.4, 0.5) is 5.69 Å². The van der Waals surface area contributed by atoms with Crippen molar-refractivity contribution in [1.29, 1.82) is 5.26 Å². The maximum absolute atomic E-state index is 15.0. The minimum absolute atomic E-state index is 0.0328. The molecule has 4 aromatic carbocycles. The van der Waals surface area contributed by atoms with Gasteiger partial charge in [0, 0.05) is 23.3 Å². The van der Waals surface area contributed by atoms with Gasteiger partial charge in [-0.3, -0.25) is 19.7 Å². The maximum Gasteiger partial charge on any atom is 0.315 e. The molecule has 4 atom stereocenters. The van der Waals surface area contributed by atoms with Crippen molar-refractivity contribution in [2.75, 3.05) is 6.54 Å². The van der Waals surface area contributed by atoms with Crippen molar-refractivity contribution in [3.63, 3.8) is 0 Å². The van der Waals surface area contributed by atoms with Crippen molar-refractivity contribution in [3.8, 4) is 6.07 Å². The molecular weight excluding hydrogens is 656 g/mol. The number of ether oxygens (including phenoxy) is 1. The largest absolute Gasteiger partial charge is 0.456 e. The number of esters is 1. The Morgan fingerprint density at radius 2 is 1.46 bits per heavy atom. The molecule has 0 aromatic heterocycles. The fraction of sp³-hybridized carbons (Fsp3) is 0.333. The summed E-state index contributed by atoms with van der Waals surface area (Å²) in [6.45, 7) is 4.11. The first kappa shape index (κ1) is 37.6. The number of primary amides is 1. The summed E-state index contributed by atoms with van der Waals surface area (Å²) in [5, 5.41) is 21.5. The molecule has 1 saturated heterocycles. The number of likely N-dealkylation sites (tertiary alicyclic amines) is 1. The third-order valence-corrected chi connectivity index (χ3v) is 10.5. The third-order valence-electron chi connectivity index (χ3n) is 10.5. The molecule has 2 amide bonds. The Morgan fingerprint density at radius 3 is 1.96 bits per heavy atom. The average molecular weight is 702 g/mol. The fourth-order valence-corrected chi connectivity index (χ4v) is 7.87. The van der Waals surface area contributed by atoms with Crippen molar-refractivity contribution in [2.24, 2.45) is 11.7 Å². The average Bonchev–Trinajstić information content (AvgIpc) is 3.53. The van der Waals surface area contributed by atoms with E-state index in [0.717, 1.165) is 16.7 Å². The molecule has 0 saturated carbocycles. The van der Waals surface area contributed by atoms with Gasteiger partial charge in [0.2, 0.25) is 0 Å². The lowest BCUT2D eigenvalue weighted by atomic mass is 9.69. The molecule has 1 aliphatic rings. The zero-order valence-electron chi connectivity index (χ0n) is 29.6. The van der Waals surface area contributed by atoms with E-state index in [0.29, 0.717) is 24.8 Å². The Kier molecular flexibility index (Phi) is 12.0. The number of quaternary nitrogens is 1. The monoisotopic (exact) mass is 701 g/mol.